The molecule has 4 aliphatic heterocycles. The van der Waals surface area contributed by atoms with Crippen LogP contribution < -0.4 is 119 Å². The maximum absolute atomic E-state index is 13.9. The summed E-state index contributed by atoms with van der Waals surface area (Å²) in [5.74, 6) is -4.95. The van der Waals surface area contributed by atoms with Crippen molar-refractivity contribution in [3.05, 3.63) is 227 Å². The summed E-state index contributed by atoms with van der Waals surface area (Å²) in [6, 6.07) is 24.7. The van der Waals surface area contributed by atoms with Crippen molar-refractivity contribution in [2.75, 3.05) is 18.4 Å². The minimum atomic E-state index is -4.78. The molecule has 3 saturated carbocycles. The predicted octanol–water partition coefficient (Wildman–Crippen LogP) is 12.8. The summed E-state index contributed by atoms with van der Waals surface area (Å²) < 4.78 is 200. The fraction of sp³-hybridized carbons (Fsp3) is 0.453. The molecule has 8 aromatic rings. The fourth-order valence-electron chi connectivity index (χ4n) is 18.0. The molecule has 7 fully saturated rings. The van der Waals surface area contributed by atoms with Gasteiger partial charge < -0.3 is 58.8 Å². The average molecular weight is 2220 g/mol. The molecule has 140 heavy (non-hydrogen) atoms. The molecule has 18 rings (SSSR count). The Labute approximate surface area is 911 Å². The molecular formula is C95H102BBr3F12K2N8O19. The summed E-state index contributed by atoms with van der Waals surface area (Å²) >= 11 is 9.74. The van der Waals surface area contributed by atoms with Crippen molar-refractivity contribution in [1.82, 2.24) is 40.1 Å². The summed E-state index contributed by atoms with van der Waals surface area (Å²) in [6.45, 7) is 14.9. The van der Waals surface area contributed by atoms with E-state index in [1.54, 1.807) is 31.2 Å². The van der Waals surface area contributed by atoms with Gasteiger partial charge in [-0.3, -0.25) is 38.9 Å². The molecule has 0 bridgehead atoms. The summed E-state index contributed by atoms with van der Waals surface area (Å²) in [7, 11) is -0.378. The van der Waals surface area contributed by atoms with E-state index in [1.165, 1.54) is 36.4 Å². The Kier molecular flexibility index (Phi) is 37.5. The second kappa shape index (κ2) is 44.7. The third-order valence-electron chi connectivity index (χ3n) is 26.5. The number of ether oxygens (including phenoxy) is 3. The number of benzene rings is 6. The number of hydrogen-bond acceptors (Lipinski definition) is 21. The van der Waals surface area contributed by atoms with Crippen LogP contribution in [0.4, 0.5) is 67.1 Å². The van der Waals surface area contributed by atoms with Gasteiger partial charge in [-0.2, -0.15) is 39.5 Å². The molecule has 1 N–H and O–H groups in total. The van der Waals surface area contributed by atoms with E-state index in [4.69, 9.17) is 42.6 Å². The number of alkyl halides is 10. The van der Waals surface area contributed by atoms with Crippen molar-refractivity contribution in [2.45, 2.75) is 257 Å². The number of fused-ring (bicyclic) bond motifs is 9. The van der Waals surface area contributed by atoms with E-state index in [9.17, 15) is 95.8 Å². The van der Waals surface area contributed by atoms with E-state index in [0.29, 0.717) is 59.1 Å². The minimum absolute atomic E-state index is 0. The van der Waals surface area contributed by atoms with Gasteiger partial charge in [-0.1, -0.05) is 141 Å². The molecule has 6 aliphatic carbocycles. The molecule has 27 nitrogen and oxygen atoms in total. The van der Waals surface area contributed by atoms with Gasteiger partial charge in [-0.15, -0.1) is 0 Å². The molecule has 746 valence electrons. The molecular weight excluding hydrogens is 2110 g/mol. The second-order valence-corrected chi connectivity index (χ2v) is 38.2. The first-order valence-electron chi connectivity index (χ1n) is 42.3. The van der Waals surface area contributed by atoms with Gasteiger partial charge >= 0.3 is 147 Å². The Bertz CT molecular complexity index is 5930. The number of nitrogens with zero attached hydrogens (tertiary/aromatic N) is 7. The molecule has 6 spiro atoms. The van der Waals surface area contributed by atoms with Gasteiger partial charge in [-0.25, -0.2) is 37.4 Å². The molecule has 3 unspecified atom stereocenters. The first kappa shape index (κ1) is 117. The molecule has 2 aromatic heterocycles. The van der Waals surface area contributed by atoms with Crippen molar-refractivity contribution in [3.63, 3.8) is 0 Å². The molecule has 0 radical (unpaired) electrons. The summed E-state index contributed by atoms with van der Waals surface area (Å²) in [4.78, 5) is 129. The Balaban J connectivity index is 0.000000246. The van der Waals surface area contributed by atoms with Gasteiger partial charge in [0, 0.05) is 91.8 Å². The van der Waals surface area contributed by atoms with Crippen LogP contribution in [0.25, 0.3) is 11.1 Å². The monoisotopic (exact) mass is 2210 g/mol. The number of aryl methyl sites for hydroxylation is 4. The van der Waals surface area contributed by atoms with Gasteiger partial charge in [0.1, 0.15) is 60.2 Å². The number of carbonyl (C=O) groups is 10. The summed E-state index contributed by atoms with van der Waals surface area (Å²) in [5, 5.41) is 18.4. The third kappa shape index (κ3) is 24.0. The van der Waals surface area contributed by atoms with E-state index in [0.717, 1.165) is 155 Å². The summed E-state index contributed by atoms with van der Waals surface area (Å²) in [6.07, 6.45) is -10.5. The van der Waals surface area contributed by atoms with Crippen LogP contribution in [0.15, 0.2) is 145 Å². The maximum Gasteiger partial charge on any atom is 1.00 e. The number of halogens is 15. The van der Waals surface area contributed by atoms with E-state index < -0.39 is 145 Å². The van der Waals surface area contributed by atoms with Crippen LogP contribution in [0.1, 0.15) is 203 Å². The maximum atomic E-state index is 13.9. The Morgan fingerprint density at radius 2 is 0.836 bits per heavy atom. The minimum Gasteiger partial charge on any atom is -1.00 e. The van der Waals surface area contributed by atoms with Crippen LogP contribution in [-0.4, -0.2) is 168 Å². The zero-order chi connectivity index (χ0) is 99.0. The van der Waals surface area contributed by atoms with Crippen LogP contribution >= 0.6 is 47.8 Å². The summed E-state index contributed by atoms with van der Waals surface area (Å²) in [5.41, 5.74) is 4.25. The second-order valence-electron chi connectivity index (χ2n) is 35.8. The van der Waals surface area contributed by atoms with Crippen LogP contribution in [0.2, 0.25) is 0 Å². The molecule has 10 aliphatic rings. The van der Waals surface area contributed by atoms with Crippen LogP contribution in [0.3, 0.4) is 0 Å². The topological polar surface area (TPSA) is 329 Å². The fourth-order valence-corrected chi connectivity index (χ4v) is 19.0. The molecule has 6 heterocycles. The molecule has 4 saturated heterocycles. The molecule has 9 amide bonds. The number of amides is 9. The first-order chi connectivity index (χ1) is 63.1. The SMILES string of the molecule is C.C.C.C[C@H](N(Cc1ccc(F)cc1)C(=O)CBr)C(F)(F)F.C[C@H](N(Cc1ccc(F)cc1)C(=O)CN1C(=O)OC2(CC3(CC3)c3cc(Br)ccc32)C1=O)C(F)(F)F.Cc1noc(C)c1-c1ccc2c(c1)C1(CC1)CC21OC(=O)N(CC(=O)N(Cc2ccc(F)cc2)[C@@H](C)C(F)(F)F)C1=O.Cc1noc(C)c1B1OC(C)(C)C(C)(C)O1.O=C1NC(=O)C2(CC3(CC3)c3cc(Br)ccc32)O1.O=CO[O-].[H-].[K+].[K+]. The van der Waals surface area contributed by atoms with Crippen molar-refractivity contribution < 1.29 is 248 Å². The van der Waals surface area contributed by atoms with Crippen molar-refractivity contribution >= 4 is 121 Å². The molecule has 6 aromatic carbocycles. The smallest absolute Gasteiger partial charge is 1.00 e. The number of alkyl carbamates (subject to hydrolysis) is 1. The van der Waals surface area contributed by atoms with E-state index in [2.05, 4.69) is 74.4 Å². The normalized spacial score (nSPS) is 20.6. The zero-order valence-corrected chi connectivity index (χ0v) is 87.2. The van der Waals surface area contributed by atoms with Crippen molar-refractivity contribution in [2.24, 2.45) is 0 Å². The first-order valence-corrected chi connectivity index (χ1v) is 45.0. The van der Waals surface area contributed by atoms with Crippen molar-refractivity contribution in [1.29, 1.82) is 0 Å². The average Bonchev–Trinajstić information content (AvgIpc) is 1.52. The van der Waals surface area contributed by atoms with Gasteiger partial charge in [0.05, 0.1) is 27.9 Å². The number of hydrogen-bond donors (Lipinski definition) is 1. The van der Waals surface area contributed by atoms with Crippen LogP contribution in [0, 0.1) is 45.1 Å². The number of aromatic nitrogens is 2. The van der Waals surface area contributed by atoms with E-state index in [1.807, 2.05) is 72.7 Å². The molecule has 6 atom stereocenters. The largest absolute Gasteiger partial charge is 1.00 e. The van der Waals surface area contributed by atoms with Crippen LogP contribution in [-0.2, 0) is 115 Å². The number of imide groups is 3. The van der Waals surface area contributed by atoms with E-state index >= 15 is 0 Å². The van der Waals surface area contributed by atoms with Gasteiger partial charge in [0.2, 0.25) is 34.5 Å². The molecule has 45 heteroatoms. The predicted molar refractivity (Wildman–Crippen MR) is 484 cm³/mol. The number of nitrogens with one attached hydrogen (secondary N) is 1. The Hall–Kier alpha value is -7.74. The third-order valence-corrected chi connectivity index (χ3v) is 28.0. The van der Waals surface area contributed by atoms with Crippen LogP contribution in [0.5, 0.6) is 0 Å². The van der Waals surface area contributed by atoms with Gasteiger partial charge in [-0.05, 0) is 220 Å². The Morgan fingerprint density at radius 3 is 1.14 bits per heavy atom. The standard InChI is InChI=1S/C30H27F4N3O5.C25H21BrF4N2O4.C13H10BrNO3.C12H12BrF4NO.C11H18BNO3.CH2O3.3CH4.2K.H/c1-16-25(17(2)42-35-16)20-6-9-22-23(12-20)28(10-11-28)15-29(22)26(39)37(27(40)41-29)14-24(38)36(18(3)30(32,33)34)13-19-4-7-21(31)8-5-19;1-14(25(28,29)30)31(11-15-2-5-17(27)6-3-15)20(33)12-32-21(34)24(36-22(32)35)13-23(8-9-23)19-10-16(26)4-7-18(19)24;14-7-1-2-8-9(5-7)12(3-4-12)6-13(8)10(16)15-11(17)18-13;1-8(12(15,16)17)18(11(19)6-13)7-9-2-4-10(14)5-3-9;1-7-9(8(2)14-13-7)12-15-10(3,4)11(5,6)16-12;2-1-4-3;;;;;;/h4-9,12,18H,10-11,13-15H2,1-3H3;2-7,10,14H,8-9,11-13H2,1H3;1-2,5H,3-4,6H2,(H,15,16,17);2-5,8H,6-7H2,1H3;1-6H3;1,3H;3*1H4;;;/q;;;;;;;;;2*+1;-1/p-1/t18-,29?;14-,24?;;8-;;;;;;;;/m00.0......../s1. The Morgan fingerprint density at radius 1 is 0.507 bits per heavy atom. The number of carbonyl (C=O) groups excluding carboxylic acids is 10. The van der Waals surface area contributed by atoms with Crippen molar-refractivity contribution in [3.8, 4) is 11.1 Å². The van der Waals surface area contributed by atoms with Gasteiger partial charge in [0.25, 0.3) is 24.2 Å². The zero-order valence-electron chi connectivity index (χ0n) is 77.2. The quantitative estimate of drug-likeness (QED) is 0.0168. The van der Waals surface area contributed by atoms with Gasteiger partial charge in [0.15, 0.2) is 0 Å². The van der Waals surface area contributed by atoms with E-state index in [-0.39, 0.29) is 209 Å². The number of rotatable bonds is 17.